The van der Waals surface area contributed by atoms with Gasteiger partial charge in [0.15, 0.2) is 0 Å². The number of hydrogen-bond acceptors (Lipinski definition) is 5. The van der Waals surface area contributed by atoms with Crippen LogP contribution >= 0.6 is 0 Å². The lowest BCUT2D eigenvalue weighted by atomic mass is 9.86. The lowest BCUT2D eigenvalue weighted by molar-refractivity contribution is 0.323. The van der Waals surface area contributed by atoms with Crippen molar-refractivity contribution in [2.24, 2.45) is 5.92 Å². The molecule has 0 radical (unpaired) electrons. The van der Waals surface area contributed by atoms with E-state index in [4.69, 9.17) is 0 Å². The van der Waals surface area contributed by atoms with E-state index in [1.54, 1.807) is 19.9 Å². The number of benzene rings is 1. The van der Waals surface area contributed by atoms with Crippen molar-refractivity contribution in [2.45, 2.75) is 57.2 Å². The van der Waals surface area contributed by atoms with Crippen LogP contribution in [0.15, 0.2) is 18.2 Å². The van der Waals surface area contributed by atoms with Crippen LogP contribution < -0.4 is 14.3 Å². The molecule has 0 amide bonds. The van der Waals surface area contributed by atoms with Crippen LogP contribution in [-0.2, 0) is 20.0 Å². The normalized spacial score (nSPS) is 24.8. The highest BCUT2D eigenvalue weighted by Crippen LogP contribution is 2.29. The SMILES string of the molecule is CC(C)S(=O)(=O)N[C@H]1CC[C@H](CNc2cc(F)cc(N3CCCS3(=O)=O)c2)CC1. The van der Waals surface area contributed by atoms with E-state index in [9.17, 15) is 21.2 Å². The highest BCUT2D eigenvalue weighted by atomic mass is 32.2. The fourth-order valence-electron chi connectivity index (χ4n) is 3.86. The van der Waals surface area contributed by atoms with Crippen molar-refractivity contribution in [3.05, 3.63) is 24.0 Å². The second kappa shape index (κ2) is 8.77. The first kappa shape index (κ1) is 22.3. The highest BCUT2D eigenvalue weighted by Gasteiger charge is 2.29. The summed E-state index contributed by atoms with van der Waals surface area (Å²) in [7, 11) is -6.61. The van der Waals surface area contributed by atoms with Gasteiger partial charge in [0.1, 0.15) is 5.82 Å². The smallest absolute Gasteiger partial charge is 0.235 e. The maximum atomic E-state index is 14.0. The van der Waals surface area contributed by atoms with E-state index in [1.165, 1.54) is 16.4 Å². The zero-order valence-corrected chi connectivity index (χ0v) is 18.5. The van der Waals surface area contributed by atoms with Crippen LogP contribution in [0.3, 0.4) is 0 Å². The van der Waals surface area contributed by atoms with Gasteiger partial charge in [0.25, 0.3) is 0 Å². The van der Waals surface area contributed by atoms with Crippen molar-refractivity contribution in [1.29, 1.82) is 0 Å². The summed E-state index contributed by atoms with van der Waals surface area (Å²) >= 11 is 0. The molecule has 7 nitrogen and oxygen atoms in total. The van der Waals surface area contributed by atoms with Gasteiger partial charge >= 0.3 is 0 Å². The second-order valence-corrected chi connectivity index (χ2v) is 12.5. The third kappa shape index (κ3) is 5.61. The fourth-order valence-corrected chi connectivity index (χ4v) is 6.39. The van der Waals surface area contributed by atoms with Gasteiger partial charge in [0.05, 0.1) is 16.7 Å². The van der Waals surface area contributed by atoms with Crippen LogP contribution in [0, 0.1) is 11.7 Å². The van der Waals surface area contributed by atoms with E-state index in [2.05, 4.69) is 10.0 Å². The quantitative estimate of drug-likeness (QED) is 0.670. The average molecular weight is 448 g/mol. The molecule has 0 aromatic heterocycles. The van der Waals surface area contributed by atoms with Crippen molar-refractivity contribution in [1.82, 2.24) is 4.72 Å². The fraction of sp³-hybridized carbons (Fsp3) is 0.684. The summed E-state index contributed by atoms with van der Waals surface area (Å²) < 4.78 is 66.3. The summed E-state index contributed by atoms with van der Waals surface area (Å²) in [5.41, 5.74) is 0.918. The minimum absolute atomic E-state index is 0.0280. The Labute approximate surface area is 173 Å². The average Bonchev–Trinajstić information content (AvgIpc) is 2.99. The molecule has 1 aromatic carbocycles. The number of halogens is 1. The molecule has 0 unspecified atom stereocenters. The predicted octanol–water partition coefficient (Wildman–Crippen LogP) is 2.66. The molecular formula is C19H30FN3O4S2. The van der Waals surface area contributed by atoms with Gasteiger partial charge in [0.2, 0.25) is 20.0 Å². The molecule has 0 spiro atoms. The van der Waals surface area contributed by atoms with Crippen LogP contribution in [0.25, 0.3) is 0 Å². The van der Waals surface area contributed by atoms with E-state index in [1.807, 2.05) is 0 Å². The van der Waals surface area contributed by atoms with Crippen molar-refractivity contribution in [3.63, 3.8) is 0 Å². The Kier molecular flexibility index (Phi) is 6.74. The number of sulfonamides is 2. The Hall–Kier alpha value is -1.39. The monoisotopic (exact) mass is 447 g/mol. The molecule has 1 heterocycles. The molecule has 1 aliphatic heterocycles. The van der Waals surface area contributed by atoms with Gasteiger partial charge in [0, 0.05) is 24.8 Å². The highest BCUT2D eigenvalue weighted by molar-refractivity contribution is 7.93. The van der Waals surface area contributed by atoms with Crippen LogP contribution in [0.1, 0.15) is 46.0 Å². The maximum absolute atomic E-state index is 14.0. The first-order valence-corrected chi connectivity index (χ1v) is 13.3. The van der Waals surface area contributed by atoms with Crippen LogP contribution in [0.2, 0.25) is 0 Å². The first-order valence-electron chi connectivity index (χ1n) is 10.1. The summed E-state index contributed by atoms with van der Waals surface area (Å²) in [4.78, 5) is 0. The van der Waals surface area contributed by atoms with Gasteiger partial charge in [-0.2, -0.15) is 0 Å². The third-order valence-corrected chi connectivity index (χ3v) is 9.44. The predicted molar refractivity (Wildman–Crippen MR) is 114 cm³/mol. The van der Waals surface area contributed by atoms with E-state index >= 15 is 0 Å². The second-order valence-electron chi connectivity index (χ2n) is 8.25. The summed E-state index contributed by atoms with van der Waals surface area (Å²) in [6, 6.07) is 4.27. The largest absolute Gasteiger partial charge is 0.385 e. The van der Waals surface area contributed by atoms with Gasteiger partial charge in [-0.3, -0.25) is 4.31 Å². The van der Waals surface area contributed by atoms with Crippen LogP contribution in [-0.4, -0.2) is 47.0 Å². The molecule has 164 valence electrons. The van der Waals surface area contributed by atoms with Crippen molar-refractivity contribution in [3.8, 4) is 0 Å². The molecule has 0 atom stereocenters. The lowest BCUT2D eigenvalue weighted by Crippen LogP contribution is -2.41. The van der Waals surface area contributed by atoms with Crippen LogP contribution in [0.5, 0.6) is 0 Å². The molecule has 3 rings (SSSR count). The number of anilines is 2. The summed E-state index contributed by atoms with van der Waals surface area (Å²) in [5, 5.41) is 2.79. The zero-order chi connectivity index (χ0) is 21.2. The molecular weight excluding hydrogens is 417 g/mol. The van der Waals surface area contributed by atoms with E-state index in [0.29, 0.717) is 36.8 Å². The maximum Gasteiger partial charge on any atom is 0.235 e. The molecule has 2 aliphatic rings. The van der Waals surface area contributed by atoms with E-state index in [-0.39, 0.29) is 11.8 Å². The molecule has 29 heavy (non-hydrogen) atoms. The number of rotatable bonds is 7. The van der Waals surface area contributed by atoms with Crippen molar-refractivity contribution in [2.75, 3.05) is 28.5 Å². The minimum atomic E-state index is -3.35. The molecule has 1 aromatic rings. The minimum Gasteiger partial charge on any atom is -0.385 e. The van der Waals surface area contributed by atoms with Gasteiger partial charge in [-0.1, -0.05) is 0 Å². The van der Waals surface area contributed by atoms with E-state index < -0.39 is 31.1 Å². The topological polar surface area (TPSA) is 95.6 Å². The zero-order valence-electron chi connectivity index (χ0n) is 16.9. The lowest BCUT2D eigenvalue weighted by Gasteiger charge is -2.30. The Balaban J connectivity index is 1.55. The molecule has 10 heteroatoms. The summed E-state index contributed by atoms with van der Waals surface area (Å²) in [5.74, 6) is -0.0215. The van der Waals surface area contributed by atoms with Crippen molar-refractivity contribution >= 4 is 31.4 Å². The Bertz CT molecular complexity index is 927. The van der Waals surface area contributed by atoms with Gasteiger partial charge < -0.3 is 5.32 Å². The van der Waals surface area contributed by atoms with Gasteiger partial charge in [-0.15, -0.1) is 0 Å². The molecule has 2 N–H and O–H groups in total. The van der Waals surface area contributed by atoms with Gasteiger partial charge in [-0.25, -0.2) is 25.9 Å². The Morgan fingerprint density at radius 3 is 2.45 bits per heavy atom. The molecule has 1 aliphatic carbocycles. The number of nitrogens with one attached hydrogen (secondary N) is 2. The Morgan fingerprint density at radius 2 is 1.86 bits per heavy atom. The third-order valence-electron chi connectivity index (χ3n) is 5.66. The Morgan fingerprint density at radius 1 is 1.17 bits per heavy atom. The summed E-state index contributed by atoms with van der Waals surface area (Å²) in [6.07, 6.45) is 3.85. The number of nitrogens with zero attached hydrogens (tertiary/aromatic N) is 1. The molecule has 1 saturated heterocycles. The molecule has 1 saturated carbocycles. The first-order chi connectivity index (χ1) is 13.6. The summed E-state index contributed by atoms with van der Waals surface area (Å²) in [6.45, 7) is 4.35. The molecule has 0 bridgehead atoms. The van der Waals surface area contributed by atoms with Crippen LogP contribution in [0.4, 0.5) is 15.8 Å². The van der Waals surface area contributed by atoms with Crippen molar-refractivity contribution < 1.29 is 21.2 Å². The standard InChI is InChI=1S/C19H30FN3O4S2/c1-14(2)29(26,27)22-17-6-4-15(5-7-17)13-21-18-10-16(20)11-19(12-18)23-8-3-9-28(23,24)25/h10-12,14-15,17,21-22H,3-9,13H2,1-2H3/t15-,17-. The van der Waals surface area contributed by atoms with Gasteiger partial charge in [-0.05, 0) is 70.1 Å². The molecule has 2 fully saturated rings. The van der Waals surface area contributed by atoms with E-state index in [0.717, 1.165) is 25.7 Å². The number of hydrogen-bond donors (Lipinski definition) is 2.